The van der Waals surface area contributed by atoms with Crippen LogP contribution in [0.15, 0.2) is 30.3 Å². The number of aliphatic hydroxyl groups excluding tert-OH is 1. The van der Waals surface area contributed by atoms with Crippen molar-refractivity contribution in [3.8, 4) is 0 Å². The quantitative estimate of drug-likeness (QED) is 0.687. The zero-order chi connectivity index (χ0) is 16.2. The highest BCUT2D eigenvalue weighted by Gasteiger charge is 2.49. The monoisotopic (exact) mass is 324 g/mol. The third kappa shape index (κ3) is 3.56. The van der Waals surface area contributed by atoms with Crippen LogP contribution < -0.4 is 11.1 Å². The summed E-state index contributed by atoms with van der Waals surface area (Å²) in [7, 11) is 1.51. The standard InChI is InChI=1S/C16H24N2O5/c1-20-16-13(19)12(18-8-7-17)14-11(22-16)9-21-15(23-14)10-5-3-2-4-6-10/h2-6,11-16,18-19H,7-9,17H2,1H3/t11-,12+,13+,14-,15?,16+/m1/s1. The van der Waals surface area contributed by atoms with E-state index in [2.05, 4.69) is 5.32 Å². The van der Waals surface area contributed by atoms with Crippen molar-refractivity contribution in [3.63, 3.8) is 0 Å². The molecule has 0 amide bonds. The molecule has 2 fully saturated rings. The first-order chi connectivity index (χ1) is 11.2. The maximum Gasteiger partial charge on any atom is 0.185 e. The Labute approximate surface area is 135 Å². The number of hydrogen-bond donors (Lipinski definition) is 3. The van der Waals surface area contributed by atoms with E-state index in [-0.39, 0.29) is 18.2 Å². The molecular formula is C16H24N2O5. The summed E-state index contributed by atoms with van der Waals surface area (Å²) >= 11 is 0. The van der Waals surface area contributed by atoms with Crippen LogP contribution in [0.5, 0.6) is 0 Å². The third-order valence-corrected chi connectivity index (χ3v) is 4.20. The minimum absolute atomic E-state index is 0.307. The van der Waals surface area contributed by atoms with Crippen molar-refractivity contribution in [2.75, 3.05) is 26.8 Å². The lowest BCUT2D eigenvalue weighted by molar-refractivity contribution is -0.341. The number of hydrogen-bond acceptors (Lipinski definition) is 7. The summed E-state index contributed by atoms with van der Waals surface area (Å²) < 4.78 is 22.8. The normalized spacial score (nSPS) is 37.3. The first kappa shape index (κ1) is 16.8. The minimum Gasteiger partial charge on any atom is -0.386 e. The molecule has 23 heavy (non-hydrogen) atoms. The van der Waals surface area contributed by atoms with Gasteiger partial charge in [-0.1, -0.05) is 30.3 Å². The summed E-state index contributed by atoms with van der Waals surface area (Å²) in [6.07, 6.45) is -2.69. The average molecular weight is 324 g/mol. The molecule has 2 saturated heterocycles. The van der Waals surface area contributed by atoms with Crippen molar-refractivity contribution in [2.24, 2.45) is 5.73 Å². The summed E-state index contributed by atoms with van der Waals surface area (Å²) in [4.78, 5) is 0. The lowest BCUT2D eigenvalue weighted by atomic mass is 9.95. The van der Waals surface area contributed by atoms with Gasteiger partial charge in [-0.05, 0) is 0 Å². The molecule has 0 aromatic heterocycles. The minimum atomic E-state index is -0.845. The maximum atomic E-state index is 10.5. The summed E-state index contributed by atoms with van der Waals surface area (Å²) in [6, 6.07) is 9.38. The van der Waals surface area contributed by atoms with Crippen molar-refractivity contribution in [2.45, 2.75) is 36.9 Å². The predicted octanol–water partition coefficient (Wildman–Crippen LogP) is -0.250. The molecule has 0 radical (unpaired) electrons. The van der Waals surface area contributed by atoms with Gasteiger partial charge in [0.2, 0.25) is 0 Å². The van der Waals surface area contributed by atoms with E-state index >= 15 is 0 Å². The van der Waals surface area contributed by atoms with E-state index in [0.29, 0.717) is 19.7 Å². The van der Waals surface area contributed by atoms with Gasteiger partial charge in [-0.25, -0.2) is 0 Å². The molecule has 1 aromatic carbocycles. The molecule has 0 spiro atoms. The van der Waals surface area contributed by atoms with Gasteiger partial charge in [0.25, 0.3) is 0 Å². The number of benzene rings is 1. The molecule has 7 heteroatoms. The smallest absolute Gasteiger partial charge is 0.185 e. The van der Waals surface area contributed by atoms with Crippen LogP contribution in [0, 0.1) is 0 Å². The lowest BCUT2D eigenvalue weighted by Crippen LogP contribution is -2.66. The van der Waals surface area contributed by atoms with Crippen LogP contribution in [-0.2, 0) is 18.9 Å². The Kier molecular flexibility index (Phi) is 5.60. The van der Waals surface area contributed by atoms with Crippen LogP contribution >= 0.6 is 0 Å². The third-order valence-electron chi connectivity index (χ3n) is 4.20. The van der Waals surface area contributed by atoms with E-state index in [4.69, 9.17) is 24.7 Å². The summed E-state index contributed by atoms with van der Waals surface area (Å²) in [6.45, 7) is 1.41. The van der Waals surface area contributed by atoms with Gasteiger partial charge < -0.3 is 35.1 Å². The topological polar surface area (TPSA) is 95.2 Å². The molecule has 0 saturated carbocycles. The molecular weight excluding hydrogens is 300 g/mol. The SMILES string of the molecule is CO[C@H]1O[C@@H]2COC(c3ccccc3)O[C@H]2[C@@H](NCCN)[C@@H]1O. The van der Waals surface area contributed by atoms with Crippen molar-refractivity contribution in [1.29, 1.82) is 0 Å². The number of nitrogens with one attached hydrogen (secondary N) is 1. The van der Waals surface area contributed by atoms with Crippen molar-refractivity contribution in [1.82, 2.24) is 5.32 Å². The Balaban J connectivity index is 1.76. The van der Waals surface area contributed by atoms with Crippen LogP contribution in [0.3, 0.4) is 0 Å². The number of rotatable bonds is 5. The van der Waals surface area contributed by atoms with Gasteiger partial charge in [0.1, 0.15) is 18.3 Å². The van der Waals surface area contributed by atoms with Gasteiger partial charge in [-0.3, -0.25) is 0 Å². The first-order valence-electron chi connectivity index (χ1n) is 7.86. The van der Waals surface area contributed by atoms with Gasteiger partial charge >= 0.3 is 0 Å². The van der Waals surface area contributed by atoms with E-state index in [1.54, 1.807) is 0 Å². The zero-order valence-electron chi connectivity index (χ0n) is 13.1. The number of ether oxygens (including phenoxy) is 4. The molecule has 1 aromatic rings. The Morgan fingerprint density at radius 2 is 2.09 bits per heavy atom. The van der Waals surface area contributed by atoms with E-state index in [9.17, 15) is 5.11 Å². The molecule has 3 rings (SSSR count). The van der Waals surface area contributed by atoms with Crippen molar-refractivity contribution < 1.29 is 24.1 Å². The summed E-state index contributed by atoms with van der Waals surface area (Å²) in [5.74, 6) is 0. The molecule has 4 N–H and O–H groups in total. The largest absolute Gasteiger partial charge is 0.386 e. The summed E-state index contributed by atoms with van der Waals surface area (Å²) in [5.41, 5.74) is 6.51. The van der Waals surface area contributed by atoms with Crippen LogP contribution in [0.1, 0.15) is 11.9 Å². The molecule has 2 aliphatic heterocycles. The van der Waals surface area contributed by atoms with Crippen molar-refractivity contribution >= 4 is 0 Å². The highest BCUT2D eigenvalue weighted by molar-refractivity contribution is 5.16. The number of nitrogens with two attached hydrogens (primary N) is 1. The maximum absolute atomic E-state index is 10.5. The second-order valence-corrected chi connectivity index (χ2v) is 5.71. The van der Waals surface area contributed by atoms with Crippen LogP contribution in [-0.4, -0.2) is 62.6 Å². The highest BCUT2D eigenvalue weighted by Crippen LogP contribution is 2.34. The van der Waals surface area contributed by atoms with Gasteiger partial charge in [0.15, 0.2) is 12.6 Å². The predicted molar refractivity (Wildman–Crippen MR) is 82.5 cm³/mol. The first-order valence-corrected chi connectivity index (χ1v) is 7.86. The molecule has 2 heterocycles. The molecule has 7 nitrogen and oxygen atoms in total. The second-order valence-electron chi connectivity index (χ2n) is 5.71. The van der Waals surface area contributed by atoms with Gasteiger partial charge in [-0.15, -0.1) is 0 Å². The fourth-order valence-corrected chi connectivity index (χ4v) is 3.06. The van der Waals surface area contributed by atoms with Crippen LogP contribution in [0.25, 0.3) is 0 Å². The fraction of sp³-hybridized carbons (Fsp3) is 0.625. The molecule has 2 aliphatic rings. The number of fused-ring (bicyclic) bond motifs is 1. The molecule has 6 atom stereocenters. The van der Waals surface area contributed by atoms with Gasteiger partial charge in [0.05, 0.1) is 12.6 Å². The Bertz CT molecular complexity index is 489. The molecule has 0 bridgehead atoms. The Hall–Kier alpha value is -1.06. The second kappa shape index (κ2) is 7.67. The van der Waals surface area contributed by atoms with E-state index in [0.717, 1.165) is 5.56 Å². The molecule has 0 aliphatic carbocycles. The lowest BCUT2D eigenvalue weighted by Gasteiger charge is -2.48. The molecule has 128 valence electrons. The van der Waals surface area contributed by atoms with Gasteiger partial charge in [0, 0.05) is 25.8 Å². The number of aliphatic hydroxyl groups is 1. The van der Waals surface area contributed by atoms with E-state index in [1.807, 2.05) is 30.3 Å². The summed E-state index contributed by atoms with van der Waals surface area (Å²) in [5, 5.41) is 13.7. The average Bonchev–Trinajstić information content (AvgIpc) is 2.61. The van der Waals surface area contributed by atoms with E-state index in [1.165, 1.54) is 7.11 Å². The van der Waals surface area contributed by atoms with Crippen LogP contribution in [0.4, 0.5) is 0 Å². The fourth-order valence-electron chi connectivity index (χ4n) is 3.06. The highest BCUT2D eigenvalue weighted by atomic mass is 16.7. The Morgan fingerprint density at radius 1 is 1.30 bits per heavy atom. The number of methoxy groups -OCH3 is 1. The molecule has 1 unspecified atom stereocenters. The van der Waals surface area contributed by atoms with Crippen LogP contribution in [0.2, 0.25) is 0 Å². The van der Waals surface area contributed by atoms with Crippen molar-refractivity contribution in [3.05, 3.63) is 35.9 Å². The zero-order valence-corrected chi connectivity index (χ0v) is 13.1. The van der Waals surface area contributed by atoms with E-state index < -0.39 is 18.7 Å². The Morgan fingerprint density at radius 3 is 2.78 bits per heavy atom. The van der Waals surface area contributed by atoms with Gasteiger partial charge in [-0.2, -0.15) is 0 Å².